The van der Waals surface area contributed by atoms with Gasteiger partial charge >= 0.3 is 12.1 Å². The van der Waals surface area contributed by atoms with Crippen LogP contribution in [-0.2, 0) is 20.7 Å². The van der Waals surface area contributed by atoms with Gasteiger partial charge in [0.15, 0.2) is 6.29 Å². The molecule has 1 atom stereocenters. The van der Waals surface area contributed by atoms with Gasteiger partial charge in [-0.1, -0.05) is 6.07 Å². The Morgan fingerprint density at radius 1 is 1.35 bits per heavy atom. The van der Waals surface area contributed by atoms with E-state index in [1.165, 1.54) is 19.2 Å². The number of ether oxygens (including phenoxy) is 2. The van der Waals surface area contributed by atoms with Crippen LogP contribution in [0.1, 0.15) is 36.7 Å². The van der Waals surface area contributed by atoms with Gasteiger partial charge in [0.1, 0.15) is 17.4 Å². The van der Waals surface area contributed by atoms with Crippen LogP contribution in [0.4, 0.5) is 4.79 Å². The van der Waals surface area contributed by atoms with E-state index in [-0.39, 0.29) is 17.7 Å². The Bertz CT molecular complexity index is 591. The lowest BCUT2D eigenvalue weighted by Crippen LogP contribution is -2.45. The lowest BCUT2D eigenvalue weighted by Gasteiger charge is -2.22. The van der Waals surface area contributed by atoms with Crippen molar-refractivity contribution in [1.29, 1.82) is 0 Å². The second kappa shape index (κ2) is 7.62. The summed E-state index contributed by atoms with van der Waals surface area (Å²) in [5.41, 5.74) is -0.0201. The number of esters is 1. The van der Waals surface area contributed by atoms with Crippen molar-refractivity contribution in [1.82, 2.24) is 5.32 Å². The van der Waals surface area contributed by atoms with E-state index in [9.17, 15) is 19.5 Å². The van der Waals surface area contributed by atoms with Gasteiger partial charge in [-0.2, -0.15) is 0 Å². The Balaban J connectivity index is 2.89. The minimum Gasteiger partial charge on any atom is -0.507 e. The first kappa shape index (κ1) is 18.5. The number of rotatable bonds is 5. The van der Waals surface area contributed by atoms with Crippen LogP contribution in [0.15, 0.2) is 18.2 Å². The van der Waals surface area contributed by atoms with Gasteiger partial charge in [0.05, 0.1) is 12.7 Å². The Hall–Kier alpha value is -2.57. The fraction of sp³-hybridized carbons (Fsp3) is 0.438. The molecular formula is C16H21NO6. The van der Waals surface area contributed by atoms with Crippen LogP contribution in [0.3, 0.4) is 0 Å². The predicted molar refractivity (Wildman–Crippen MR) is 82.4 cm³/mol. The Morgan fingerprint density at radius 2 is 2.00 bits per heavy atom. The molecule has 0 unspecified atom stereocenters. The number of methoxy groups -OCH3 is 1. The normalized spacial score (nSPS) is 12.2. The second-order valence-corrected chi connectivity index (χ2v) is 5.94. The summed E-state index contributed by atoms with van der Waals surface area (Å²) in [6.45, 7) is 5.11. The molecule has 1 amide bonds. The molecule has 23 heavy (non-hydrogen) atoms. The van der Waals surface area contributed by atoms with E-state index in [4.69, 9.17) is 4.74 Å². The predicted octanol–water partition coefficient (Wildman–Crippen LogP) is 1.81. The average molecular weight is 323 g/mol. The highest BCUT2D eigenvalue weighted by Crippen LogP contribution is 2.18. The fourth-order valence-corrected chi connectivity index (χ4v) is 1.85. The van der Waals surface area contributed by atoms with E-state index in [1.807, 2.05) is 0 Å². The Morgan fingerprint density at radius 3 is 2.52 bits per heavy atom. The third-order valence-electron chi connectivity index (χ3n) is 2.84. The Labute approximate surface area is 134 Å². The van der Waals surface area contributed by atoms with E-state index >= 15 is 0 Å². The summed E-state index contributed by atoms with van der Waals surface area (Å²) in [6.07, 6.45) is -0.150. The van der Waals surface area contributed by atoms with Gasteiger partial charge in [-0.25, -0.2) is 9.59 Å². The van der Waals surface area contributed by atoms with Crippen molar-refractivity contribution in [2.75, 3.05) is 7.11 Å². The molecule has 7 heteroatoms. The summed E-state index contributed by atoms with van der Waals surface area (Å²) in [4.78, 5) is 34.5. The van der Waals surface area contributed by atoms with Gasteiger partial charge < -0.3 is 19.9 Å². The van der Waals surface area contributed by atoms with Gasteiger partial charge in [0.2, 0.25) is 0 Å². The molecule has 0 fully saturated rings. The van der Waals surface area contributed by atoms with Crippen molar-refractivity contribution in [2.24, 2.45) is 0 Å². The van der Waals surface area contributed by atoms with Crippen LogP contribution in [0.2, 0.25) is 0 Å². The number of amides is 1. The second-order valence-electron chi connectivity index (χ2n) is 5.94. The van der Waals surface area contributed by atoms with Crippen molar-refractivity contribution in [3.05, 3.63) is 29.3 Å². The number of phenols is 1. The minimum atomic E-state index is -0.973. The van der Waals surface area contributed by atoms with Crippen LogP contribution in [0, 0.1) is 0 Å². The highest BCUT2D eigenvalue weighted by Gasteiger charge is 2.25. The first-order valence-electron chi connectivity index (χ1n) is 7.00. The average Bonchev–Trinajstić information content (AvgIpc) is 2.45. The van der Waals surface area contributed by atoms with Gasteiger partial charge in [0.25, 0.3) is 0 Å². The number of carbonyl (C=O) groups is 3. The quantitative estimate of drug-likeness (QED) is 0.633. The molecule has 0 spiro atoms. The number of aromatic hydroxyl groups is 1. The number of benzene rings is 1. The van der Waals surface area contributed by atoms with Crippen LogP contribution in [0.5, 0.6) is 5.75 Å². The SMILES string of the molecule is COC(=O)[C@H](Cc1ccc(O)c(C=O)c1)NC(=O)OC(C)(C)C. The summed E-state index contributed by atoms with van der Waals surface area (Å²) in [5.74, 6) is -0.796. The summed E-state index contributed by atoms with van der Waals surface area (Å²) in [7, 11) is 1.21. The molecule has 0 aromatic heterocycles. The van der Waals surface area contributed by atoms with Crippen LogP contribution in [0.25, 0.3) is 0 Å². The first-order valence-corrected chi connectivity index (χ1v) is 7.00. The summed E-state index contributed by atoms with van der Waals surface area (Å²) in [5, 5.41) is 11.9. The highest BCUT2D eigenvalue weighted by atomic mass is 16.6. The van der Waals surface area contributed by atoms with Crippen LogP contribution in [-0.4, -0.2) is 42.2 Å². The maximum absolute atomic E-state index is 11.8. The number of carbonyl (C=O) groups excluding carboxylic acids is 3. The fourth-order valence-electron chi connectivity index (χ4n) is 1.85. The molecule has 7 nitrogen and oxygen atoms in total. The molecule has 0 aliphatic heterocycles. The highest BCUT2D eigenvalue weighted by molar-refractivity contribution is 5.82. The maximum Gasteiger partial charge on any atom is 0.408 e. The zero-order chi connectivity index (χ0) is 17.6. The van der Waals surface area contributed by atoms with E-state index < -0.39 is 23.7 Å². The van der Waals surface area contributed by atoms with E-state index in [0.717, 1.165) is 0 Å². The number of alkyl carbamates (subject to hydrolysis) is 1. The molecule has 0 aliphatic carbocycles. The smallest absolute Gasteiger partial charge is 0.408 e. The molecule has 0 bridgehead atoms. The Kier molecular flexibility index (Phi) is 6.12. The van der Waals surface area contributed by atoms with Gasteiger partial charge in [-0.15, -0.1) is 0 Å². The topological polar surface area (TPSA) is 102 Å². The standard InChI is InChI=1S/C16H21NO6/c1-16(2,3)23-15(21)17-12(14(20)22-4)8-10-5-6-13(19)11(7-10)9-18/h5-7,9,12,19H,8H2,1-4H3,(H,17,21)/t12-/m0/s1. The van der Waals surface area contributed by atoms with E-state index in [0.29, 0.717) is 11.8 Å². The molecule has 0 heterocycles. The lowest BCUT2D eigenvalue weighted by molar-refractivity contribution is -0.143. The number of hydrogen-bond donors (Lipinski definition) is 2. The molecule has 1 rings (SSSR count). The molecule has 0 radical (unpaired) electrons. The van der Waals surface area contributed by atoms with E-state index in [2.05, 4.69) is 10.1 Å². The largest absolute Gasteiger partial charge is 0.507 e. The summed E-state index contributed by atoms with van der Waals surface area (Å²) in [6, 6.07) is 3.37. The third kappa shape index (κ3) is 5.98. The van der Waals surface area contributed by atoms with Crippen LogP contribution < -0.4 is 5.32 Å². The van der Waals surface area contributed by atoms with Crippen molar-refractivity contribution >= 4 is 18.3 Å². The summed E-state index contributed by atoms with van der Waals surface area (Å²) >= 11 is 0. The third-order valence-corrected chi connectivity index (χ3v) is 2.84. The van der Waals surface area contributed by atoms with Gasteiger partial charge in [-0.05, 0) is 38.5 Å². The first-order chi connectivity index (χ1) is 10.7. The minimum absolute atomic E-state index is 0.0903. The zero-order valence-corrected chi connectivity index (χ0v) is 13.6. The molecular weight excluding hydrogens is 302 g/mol. The number of aldehydes is 1. The monoisotopic (exact) mass is 323 g/mol. The van der Waals surface area contributed by atoms with Gasteiger partial charge in [0, 0.05) is 6.42 Å². The molecule has 2 N–H and O–H groups in total. The maximum atomic E-state index is 11.8. The number of nitrogens with one attached hydrogen (secondary N) is 1. The number of phenolic OH excluding ortho intramolecular Hbond substituents is 1. The molecule has 0 saturated heterocycles. The zero-order valence-electron chi connectivity index (χ0n) is 13.6. The molecule has 1 aromatic carbocycles. The van der Waals surface area contributed by atoms with Crippen molar-refractivity contribution in [3.63, 3.8) is 0 Å². The van der Waals surface area contributed by atoms with Gasteiger partial charge in [-0.3, -0.25) is 4.79 Å². The van der Waals surface area contributed by atoms with Crippen molar-refractivity contribution in [3.8, 4) is 5.75 Å². The van der Waals surface area contributed by atoms with Crippen molar-refractivity contribution in [2.45, 2.75) is 38.8 Å². The van der Waals surface area contributed by atoms with E-state index in [1.54, 1.807) is 26.8 Å². The summed E-state index contributed by atoms with van der Waals surface area (Å²) < 4.78 is 9.78. The van der Waals surface area contributed by atoms with Crippen LogP contribution >= 0.6 is 0 Å². The molecule has 126 valence electrons. The molecule has 0 saturated carbocycles. The number of hydrogen-bond acceptors (Lipinski definition) is 6. The molecule has 0 aliphatic rings. The van der Waals surface area contributed by atoms with Crippen molar-refractivity contribution < 1.29 is 29.0 Å². The molecule has 1 aromatic rings. The lowest BCUT2D eigenvalue weighted by atomic mass is 10.0.